The molecule has 0 unspecified atom stereocenters. The summed E-state index contributed by atoms with van der Waals surface area (Å²) in [5, 5.41) is 4.21. The SMILES string of the molecule is Cc1ccc(-n2nc(C)cc(-c3cccc(C(F)(F)F)c3)c2=O)cc1. The van der Waals surface area contributed by atoms with Crippen LogP contribution in [-0.2, 0) is 6.18 Å². The van der Waals surface area contributed by atoms with Gasteiger partial charge in [-0.2, -0.15) is 23.0 Å². The Morgan fingerprint density at radius 2 is 1.64 bits per heavy atom. The Balaban J connectivity index is 2.19. The monoisotopic (exact) mass is 344 g/mol. The molecular weight excluding hydrogens is 329 g/mol. The lowest BCUT2D eigenvalue weighted by Gasteiger charge is -2.11. The van der Waals surface area contributed by atoms with E-state index in [4.69, 9.17) is 0 Å². The van der Waals surface area contributed by atoms with Gasteiger partial charge < -0.3 is 0 Å². The lowest BCUT2D eigenvalue weighted by molar-refractivity contribution is -0.137. The second kappa shape index (κ2) is 6.20. The average Bonchev–Trinajstić information content (AvgIpc) is 2.57. The van der Waals surface area contributed by atoms with Gasteiger partial charge in [-0.05, 0) is 49.7 Å². The number of benzene rings is 2. The first-order valence-corrected chi connectivity index (χ1v) is 7.61. The van der Waals surface area contributed by atoms with E-state index in [0.29, 0.717) is 11.4 Å². The summed E-state index contributed by atoms with van der Waals surface area (Å²) >= 11 is 0. The highest BCUT2D eigenvalue weighted by Gasteiger charge is 2.30. The maximum Gasteiger partial charge on any atom is 0.416 e. The van der Waals surface area contributed by atoms with Crippen LogP contribution in [0, 0.1) is 13.8 Å². The van der Waals surface area contributed by atoms with Crippen molar-refractivity contribution in [3.05, 3.63) is 81.8 Å². The molecule has 25 heavy (non-hydrogen) atoms. The van der Waals surface area contributed by atoms with Crippen LogP contribution in [0.25, 0.3) is 16.8 Å². The highest BCUT2D eigenvalue weighted by atomic mass is 19.4. The van der Waals surface area contributed by atoms with Crippen LogP contribution < -0.4 is 5.56 Å². The zero-order valence-corrected chi connectivity index (χ0v) is 13.6. The largest absolute Gasteiger partial charge is 0.416 e. The summed E-state index contributed by atoms with van der Waals surface area (Å²) in [4.78, 5) is 12.8. The van der Waals surface area contributed by atoms with Crippen LogP contribution in [0.2, 0.25) is 0 Å². The summed E-state index contributed by atoms with van der Waals surface area (Å²) in [5.74, 6) is 0. The van der Waals surface area contributed by atoms with Crippen molar-refractivity contribution >= 4 is 0 Å². The van der Waals surface area contributed by atoms with Crippen LogP contribution in [0.1, 0.15) is 16.8 Å². The molecule has 6 heteroatoms. The van der Waals surface area contributed by atoms with Crippen molar-refractivity contribution in [2.75, 3.05) is 0 Å². The summed E-state index contributed by atoms with van der Waals surface area (Å²) < 4.78 is 40.1. The van der Waals surface area contributed by atoms with Gasteiger partial charge in [0.2, 0.25) is 0 Å². The Kier molecular flexibility index (Phi) is 4.20. The molecule has 0 spiro atoms. The van der Waals surface area contributed by atoms with Crippen LogP contribution in [-0.4, -0.2) is 9.78 Å². The number of hydrogen-bond acceptors (Lipinski definition) is 2. The average molecular weight is 344 g/mol. The Morgan fingerprint density at radius 1 is 0.960 bits per heavy atom. The van der Waals surface area contributed by atoms with Crippen molar-refractivity contribution < 1.29 is 13.2 Å². The normalized spacial score (nSPS) is 11.6. The van der Waals surface area contributed by atoms with Crippen LogP contribution >= 0.6 is 0 Å². The van der Waals surface area contributed by atoms with Crippen LogP contribution in [0.4, 0.5) is 13.2 Å². The van der Waals surface area contributed by atoms with E-state index >= 15 is 0 Å². The van der Waals surface area contributed by atoms with E-state index in [1.807, 2.05) is 19.1 Å². The molecule has 0 fully saturated rings. The number of hydrogen-bond donors (Lipinski definition) is 0. The molecule has 1 aromatic heterocycles. The summed E-state index contributed by atoms with van der Waals surface area (Å²) in [6, 6.07) is 13.4. The molecule has 0 aliphatic rings. The van der Waals surface area contributed by atoms with E-state index in [1.165, 1.54) is 22.9 Å². The van der Waals surface area contributed by atoms with Gasteiger partial charge in [0.15, 0.2) is 0 Å². The quantitative estimate of drug-likeness (QED) is 0.684. The summed E-state index contributed by atoms with van der Waals surface area (Å²) in [7, 11) is 0. The smallest absolute Gasteiger partial charge is 0.267 e. The van der Waals surface area contributed by atoms with E-state index in [2.05, 4.69) is 5.10 Å². The number of alkyl halides is 3. The van der Waals surface area contributed by atoms with Gasteiger partial charge in [-0.1, -0.05) is 29.8 Å². The van der Waals surface area contributed by atoms with Crippen LogP contribution in [0.15, 0.2) is 59.4 Å². The van der Waals surface area contributed by atoms with Gasteiger partial charge in [0.25, 0.3) is 5.56 Å². The van der Waals surface area contributed by atoms with E-state index in [1.54, 1.807) is 19.1 Å². The maximum atomic E-state index is 12.9. The first-order valence-electron chi connectivity index (χ1n) is 7.61. The van der Waals surface area contributed by atoms with Crippen molar-refractivity contribution in [1.82, 2.24) is 9.78 Å². The zero-order chi connectivity index (χ0) is 18.2. The van der Waals surface area contributed by atoms with Gasteiger partial charge in [-0.25, -0.2) is 0 Å². The summed E-state index contributed by atoms with van der Waals surface area (Å²) in [5.41, 5.74) is 1.27. The molecule has 0 aliphatic carbocycles. The molecule has 0 radical (unpaired) electrons. The Bertz CT molecular complexity index is 973. The second-order valence-electron chi connectivity index (χ2n) is 5.83. The molecular formula is C19H15F3N2O. The molecule has 0 saturated carbocycles. The van der Waals surface area contributed by atoms with Gasteiger partial charge in [-0.15, -0.1) is 0 Å². The highest BCUT2D eigenvalue weighted by Crippen LogP contribution is 2.31. The van der Waals surface area contributed by atoms with Gasteiger partial charge in [-0.3, -0.25) is 4.79 Å². The molecule has 0 N–H and O–H groups in total. The van der Waals surface area contributed by atoms with E-state index in [-0.39, 0.29) is 11.1 Å². The van der Waals surface area contributed by atoms with Crippen LogP contribution in [0.3, 0.4) is 0 Å². The highest BCUT2D eigenvalue weighted by molar-refractivity contribution is 5.64. The predicted molar refractivity (Wildman–Crippen MR) is 89.7 cm³/mol. The lowest BCUT2D eigenvalue weighted by Crippen LogP contribution is -2.23. The Morgan fingerprint density at radius 3 is 2.28 bits per heavy atom. The second-order valence-corrected chi connectivity index (χ2v) is 5.83. The fourth-order valence-corrected chi connectivity index (χ4v) is 2.55. The van der Waals surface area contributed by atoms with Gasteiger partial charge >= 0.3 is 6.18 Å². The van der Waals surface area contributed by atoms with Crippen molar-refractivity contribution in [2.24, 2.45) is 0 Å². The number of aromatic nitrogens is 2. The zero-order valence-electron chi connectivity index (χ0n) is 13.6. The van der Waals surface area contributed by atoms with E-state index in [9.17, 15) is 18.0 Å². The summed E-state index contributed by atoms with van der Waals surface area (Å²) in [6.07, 6.45) is -4.46. The molecule has 2 aromatic carbocycles. The van der Waals surface area contributed by atoms with Crippen molar-refractivity contribution in [1.29, 1.82) is 0 Å². The first kappa shape index (κ1) is 17.0. The number of rotatable bonds is 2. The van der Waals surface area contributed by atoms with E-state index < -0.39 is 17.3 Å². The molecule has 0 atom stereocenters. The maximum absolute atomic E-state index is 12.9. The van der Waals surface area contributed by atoms with Crippen molar-refractivity contribution in [2.45, 2.75) is 20.0 Å². The number of aryl methyl sites for hydroxylation is 2. The minimum Gasteiger partial charge on any atom is -0.267 e. The van der Waals surface area contributed by atoms with Gasteiger partial charge in [0, 0.05) is 0 Å². The minimum atomic E-state index is -4.46. The third-order valence-electron chi connectivity index (χ3n) is 3.81. The molecule has 3 nitrogen and oxygen atoms in total. The fourth-order valence-electron chi connectivity index (χ4n) is 2.55. The molecule has 3 aromatic rings. The number of halogens is 3. The molecule has 0 amide bonds. The first-order chi connectivity index (χ1) is 11.8. The third kappa shape index (κ3) is 3.47. The lowest BCUT2D eigenvalue weighted by atomic mass is 10.0. The molecule has 0 bridgehead atoms. The predicted octanol–water partition coefficient (Wildman–Crippen LogP) is 4.54. The standard InChI is InChI=1S/C19H15F3N2O/c1-12-6-8-16(9-7-12)24-18(25)17(10-13(2)23-24)14-4-3-5-15(11-14)19(20,21)22/h3-11H,1-2H3. The molecule has 0 aliphatic heterocycles. The molecule has 0 saturated heterocycles. The number of nitrogens with zero attached hydrogens (tertiary/aromatic N) is 2. The fraction of sp³-hybridized carbons (Fsp3) is 0.158. The molecule has 1 heterocycles. The molecule has 128 valence electrons. The minimum absolute atomic E-state index is 0.180. The van der Waals surface area contributed by atoms with E-state index in [0.717, 1.165) is 17.7 Å². The van der Waals surface area contributed by atoms with Crippen molar-refractivity contribution in [3.8, 4) is 16.8 Å². The third-order valence-corrected chi connectivity index (χ3v) is 3.81. The Labute approximate surface area is 142 Å². The topological polar surface area (TPSA) is 34.9 Å². The van der Waals surface area contributed by atoms with Gasteiger partial charge in [0.1, 0.15) is 0 Å². The van der Waals surface area contributed by atoms with Gasteiger partial charge in [0.05, 0.1) is 22.5 Å². The van der Waals surface area contributed by atoms with Crippen molar-refractivity contribution in [3.63, 3.8) is 0 Å². The Hall–Kier alpha value is -2.89. The molecule has 3 rings (SSSR count). The van der Waals surface area contributed by atoms with Crippen LogP contribution in [0.5, 0.6) is 0 Å². The summed E-state index contributed by atoms with van der Waals surface area (Å²) in [6.45, 7) is 3.62.